The van der Waals surface area contributed by atoms with Crippen LogP contribution >= 0.6 is 23.2 Å². The Morgan fingerprint density at radius 2 is 1.97 bits per heavy atom. The first-order valence-electron chi connectivity index (χ1n) is 10.2. The molecular weight excluding hydrogens is 493 g/mol. The van der Waals surface area contributed by atoms with E-state index in [1.807, 2.05) is 0 Å². The predicted molar refractivity (Wildman–Crippen MR) is 126 cm³/mol. The summed E-state index contributed by atoms with van der Waals surface area (Å²) in [4.78, 5) is 22.1. The van der Waals surface area contributed by atoms with Crippen LogP contribution in [-0.2, 0) is 4.79 Å². The van der Waals surface area contributed by atoms with Gasteiger partial charge in [-0.3, -0.25) is 4.79 Å². The van der Waals surface area contributed by atoms with Gasteiger partial charge in [-0.05, 0) is 24.3 Å². The molecule has 1 aliphatic heterocycles. The van der Waals surface area contributed by atoms with Crippen LogP contribution in [0.15, 0.2) is 43.2 Å². The van der Waals surface area contributed by atoms with Crippen LogP contribution in [0.2, 0.25) is 10.0 Å². The van der Waals surface area contributed by atoms with Gasteiger partial charge in [-0.25, -0.2) is 14.4 Å². The number of hydrogen-bond acceptors (Lipinski definition) is 6. The number of anilines is 2. The second kappa shape index (κ2) is 11.6. The van der Waals surface area contributed by atoms with E-state index in [2.05, 4.69) is 21.9 Å². The van der Waals surface area contributed by atoms with Crippen molar-refractivity contribution in [1.29, 1.82) is 0 Å². The number of fused-ring (bicyclic) bond motifs is 1. The van der Waals surface area contributed by atoms with Gasteiger partial charge < -0.3 is 19.7 Å². The van der Waals surface area contributed by atoms with E-state index >= 15 is 0 Å². The van der Waals surface area contributed by atoms with Gasteiger partial charge >= 0.3 is 29.6 Å². The average Bonchev–Trinajstić information content (AvgIpc) is 2.84. The van der Waals surface area contributed by atoms with Crippen LogP contribution in [0.25, 0.3) is 10.9 Å². The van der Waals surface area contributed by atoms with E-state index in [1.165, 1.54) is 24.5 Å². The van der Waals surface area contributed by atoms with Gasteiger partial charge in [0.05, 0.1) is 28.4 Å². The fourth-order valence-electron chi connectivity index (χ4n) is 3.67. The van der Waals surface area contributed by atoms with Crippen molar-refractivity contribution < 1.29 is 48.2 Å². The third kappa shape index (κ3) is 5.58. The smallest absolute Gasteiger partial charge is 0.493 e. The van der Waals surface area contributed by atoms with Crippen LogP contribution in [0.3, 0.4) is 0 Å². The molecule has 0 spiro atoms. The Bertz CT molecular complexity index is 1220. The van der Waals surface area contributed by atoms with Gasteiger partial charge in [-0.2, -0.15) is 0 Å². The SMILES string of the molecule is C=CC(=O)N1CCC(Oc2cc3c(Nc4ccc(Cl)c(Cl)c4F)ncnc3cc2OC)CC1.[Na+]. The van der Waals surface area contributed by atoms with Crippen LogP contribution < -0.4 is 44.3 Å². The fraction of sp³-hybridized carbons (Fsp3) is 0.261. The Kier molecular flexibility index (Phi) is 9.01. The van der Waals surface area contributed by atoms with Crippen molar-refractivity contribution in [3.63, 3.8) is 0 Å². The van der Waals surface area contributed by atoms with Gasteiger partial charge in [-0.1, -0.05) is 29.8 Å². The minimum atomic E-state index is -0.679. The molecule has 3 aromatic rings. The maximum atomic E-state index is 14.6. The number of rotatable bonds is 6. The van der Waals surface area contributed by atoms with Crippen LogP contribution in [0, 0.1) is 5.82 Å². The normalized spacial score (nSPS) is 13.8. The number of likely N-dealkylation sites (tertiary alicyclic amines) is 1. The summed E-state index contributed by atoms with van der Waals surface area (Å²) in [6.07, 6.45) is 3.93. The molecule has 7 nitrogen and oxygen atoms in total. The van der Waals surface area contributed by atoms with Crippen LogP contribution in [0.4, 0.5) is 15.9 Å². The monoisotopic (exact) mass is 513 g/mol. The molecule has 0 aliphatic carbocycles. The van der Waals surface area contributed by atoms with E-state index in [0.29, 0.717) is 54.2 Å². The number of aromatic nitrogens is 2. The quantitative estimate of drug-likeness (QED) is 0.310. The van der Waals surface area contributed by atoms with E-state index < -0.39 is 5.82 Å². The Morgan fingerprint density at radius 3 is 2.65 bits per heavy atom. The topological polar surface area (TPSA) is 76.6 Å². The van der Waals surface area contributed by atoms with E-state index in [9.17, 15) is 9.18 Å². The van der Waals surface area contributed by atoms with Gasteiger partial charge in [0.2, 0.25) is 5.91 Å². The number of carbonyl (C=O) groups is 1. The number of methoxy groups -OCH3 is 1. The molecule has 1 aliphatic rings. The summed E-state index contributed by atoms with van der Waals surface area (Å²) in [5, 5.41) is 3.51. The standard InChI is InChI=1S/C23H21Cl2FN4O3.Na/c1-3-20(31)30-8-6-13(7-9-30)33-19-10-14-17(11-18(19)32-2)27-12-28-23(14)29-16-5-4-15(24)21(25)22(16)26;/h3-5,10-13H,1,6-9H2,2H3,(H,27,28,29);/q;+1. The van der Waals surface area contributed by atoms with E-state index in [0.717, 1.165) is 0 Å². The maximum Gasteiger partial charge on any atom is 1.00 e. The molecule has 11 heteroatoms. The van der Waals surface area contributed by atoms with Crippen molar-refractivity contribution in [1.82, 2.24) is 14.9 Å². The summed E-state index contributed by atoms with van der Waals surface area (Å²) in [5.74, 6) is 0.625. The molecule has 0 saturated carbocycles. The molecule has 2 heterocycles. The summed E-state index contributed by atoms with van der Waals surface area (Å²) < 4.78 is 26.3. The molecule has 0 unspecified atom stereocenters. The molecule has 1 fully saturated rings. The second-order valence-corrected chi connectivity index (χ2v) is 8.22. The fourth-order valence-corrected chi connectivity index (χ4v) is 3.98. The van der Waals surface area contributed by atoms with Crippen LogP contribution in [-0.4, -0.2) is 47.1 Å². The molecule has 4 rings (SSSR count). The number of carbonyl (C=O) groups excluding carboxylic acids is 1. The zero-order chi connectivity index (χ0) is 23.5. The predicted octanol–water partition coefficient (Wildman–Crippen LogP) is 2.39. The van der Waals surface area contributed by atoms with Crippen molar-refractivity contribution in [2.75, 3.05) is 25.5 Å². The second-order valence-electron chi connectivity index (χ2n) is 7.44. The third-order valence-electron chi connectivity index (χ3n) is 5.43. The Hall–Kier alpha value is -2.10. The van der Waals surface area contributed by atoms with Crippen molar-refractivity contribution in [2.24, 2.45) is 0 Å². The van der Waals surface area contributed by atoms with Crippen LogP contribution in [0.5, 0.6) is 11.5 Å². The van der Waals surface area contributed by atoms with E-state index in [1.54, 1.807) is 24.1 Å². The number of ether oxygens (including phenoxy) is 2. The number of nitrogens with zero attached hydrogens (tertiary/aromatic N) is 3. The van der Waals surface area contributed by atoms with Gasteiger partial charge in [-0.15, -0.1) is 0 Å². The van der Waals surface area contributed by atoms with E-state index in [-0.39, 0.29) is 57.3 Å². The summed E-state index contributed by atoms with van der Waals surface area (Å²) in [6, 6.07) is 6.47. The zero-order valence-electron chi connectivity index (χ0n) is 18.8. The Morgan fingerprint density at radius 1 is 1.24 bits per heavy atom. The van der Waals surface area contributed by atoms with Crippen molar-refractivity contribution in [3.8, 4) is 11.5 Å². The zero-order valence-corrected chi connectivity index (χ0v) is 22.3. The van der Waals surface area contributed by atoms with Gasteiger partial charge in [0.1, 0.15) is 18.2 Å². The summed E-state index contributed by atoms with van der Waals surface area (Å²) in [6.45, 7) is 4.70. The number of benzene rings is 2. The summed E-state index contributed by atoms with van der Waals surface area (Å²) >= 11 is 11.8. The molecule has 172 valence electrons. The Balaban J connectivity index is 0.00000324. The maximum absolute atomic E-state index is 14.6. The average molecular weight is 514 g/mol. The van der Waals surface area contributed by atoms with Gasteiger partial charge in [0.15, 0.2) is 17.3 Å². The van der Waals surface area contributed by atoms with Crippen LogP contribution in [0.1, 0.15) is 12.8 Å². The number of nitrogens with one attached hydrogen (secondary N) is 1. The van der Waals surface area contributed by atoms with Crippen molar-refractivity contribution >= 4 is 51.5 Å². The number of halogens is 3. The first-order valence-corrected chi connectivity index (χ1v) is 11.0. The molecule has 1 aromatic heterocycles. The largest absolute Gasteiger partial charge is 1.00 e. The minimum absolute atomic E-state index is 0. The summed E-state index contributed by atoms with van der Waals surface area (Å²) in [5.41, 5.74) is 0.713. The molecule has 1 N–H and O–H groups in total. The van der Waals surface area contributed by atoms with Crippen molar-refractivity contribution in [3.05, 3.63) is 59.1 Å². The molecule has 0 atom stereocenters. The third-order valence-corrected chi connectivity index (χ3v) is 6.21. The molecule has 34 heavy (non-hydrogen) atoms. The van der Waals surface area contributed by atoms with Crippen molar-refractivity contribution in [2.45, 2.75) is 18.9 Å². The molecule has 2 aromatic carbocycles. The molecular formula is C23H21Cl2FN4NaO3+. The van der Waals surface area contributed by atoms with E-state index in [4.69, 9.17) is 32.7 Å². The Labute approximate surface area is 228 Å². The first-order chi connectivity index (χ1) is 15.9. The number of piperidine rings is 1. The molecule has 1 amide bonds. The minimum Gasteiger partial charge on any atom is -0.493 e. The number of hydrogen-bond donors (Lipinski definition) is 1. The van der Waals surface area contributed by atoms with Gasteiger partial charge in [0, 0.05) is 37.4 Å². The molecule has 0 bridgehead atoms. The molecule has 1 saturated heterocycles. The number of amides is 1. The van der Waals surface area contributed by atoms with Gasteiger partial charge in [0.25, 0.3) is 0 Å². The first kappa shape index (κ1) is 26.5. The summed E-state index contributed by atoms with van der Waals surface area (Å²) in [7, 11) is 1.55. The molecule has 0 radical (unpaired) electrons.